The van der Waals surface area contributed by atoms with Crippen molar-refractivity contribution in [1.82, 2.24) is 0 Å². The smallest absolute Gasteiger partial charge is 0.271 e. The zero-order valence-electron chi connectivity index (χ0n) is 17.3. The summed E-state index contributed by atoms with van der Waals surface area (Å²) >= 11 is 0. The van der Waals surface area contributed by atoms with Crippen LogP contribution >= 0.6 is 0 Å². The van der Waals surface area contributed by atoms with Crippen LogP contribution < -0.4 is 14.4 Å². The summed E-state index contributed by atoms with van der Waals surface area (Å²) in [6.45, 7) is 5.51. The maximum atomic E-state index is 13.1. The number of ether oxygens (including phenoxy) is 1. The Morgan fingerprint density at radius 2 is 1.90 bits per heavy atom. The van der Waals surface area contributed by atoms with E-state index in [2.05, 4.69) is 5.32 Å². The molecule has 0 spiro atoms. The number of non-ortho nitro benzene ring substituents is 1. The van der Waals surface area contributed by atoms with Gasteiger partial charge in [-0.3, -0.25) is 19.2 Å². The molecule has 0 aliphatic rings. The topological polar surface area (TPSA) is 119 Å². The molecule has 0 aliphatic carbocycles. The van der Waals surface area contributed by atoms with Crippen molar-refractivity contribution in [2.75, 3.05) is 22.5 Å². The molecule has 0 saturated heterocycles. The highest BCUT2D eigenvalue weighted by molar-refractivity contribution is 7.92. The van der Waals surface area contributed by atoms with Crippen molar-refractivity contribution in [2.45, 2.75) is 33.2 Å². The molecule has 30 heavy (non-hydrogen) atoms. The van der Waals surface area contributed by atoms with Crippen molar-refractivity contribution in [1.29, 1.82) is 0 Å². The largest absolute Gasteiger partial charge is 0.492 e. The summed E-state index contributed by atoms with van der Waals surface area (Å²) in [4.78, 5) is 23.7. The van der Waals surface area contributed by atoms with Crippen LogP contribution in [0.15, 0.2) is 42.5 Å². The zero-order valence-corrected chi connectivity index (χ0v) is 18.1. The molecule has 0 fully saturated rings. The summed E-state index contributed by atoms with van der Waals surface area (Å²) in [5.41, 5.74) is 0.729. The average Bonchev–Trinajstić information content (AvgIpc) is 2.67. The Kier molecular flexibility index (Phi) is 7.38. The molecule has 2 rings (SSSR count). The van der Waals surface area contributed by atoms with E-state index in [0.29, 0.717) is 23.6 Å². The molecule has 9 nitrogen and oxygen atoms in total. The lowest BCUT2D eigenvalue weighted by Crippen LogP contribution is -2.47. The van der Waals surface area contributed by atoms with E-state index in [0.717, 1.165) is 10.6 Å². The van der Waals surface area contributed by atoms with E-state index in [4.69, 9.17) is 4.74 Å². The molecule has 0 bridgehead atoms. The quantitative estimate of drug-likeness (QED) is 0.476. The minimum Gasteiger partial charge on any atom is -0.492 e. The number of benzene rings is 2. The van der Waals surface area contributed by atoms with Crippen LogP contribution in [0.4, 0.5) is 17.1 Å². The Morgan fingerprint density at radius 3 is 2.47 bits per heavy atom. The van der Waals surface area contributed by atoms with Gasteiger partial charge in [-0.1, -0.05) is 25.1 Å². The molecule has 0 aromatic heterocycles. The second-order valence-corrected chi connectivity index (χ2v) is 8.49. The first kappa shape index (κ1) is 23.1. The lowest BCUT2D eigenvalue weighted by atomic mass is 10.1. The standard InChI is InChI=1S/C20H25N3O6S/c1-5-17(20(24)21-16-9-7-8-10-19(16)29-6-2)22(30(4,27)28)18-13-15(23(25)26)12-11-14(18)3/h7-13,17H,5-6H2,1-4H3,(H,21,24)/t17-/m0/s1. The number of carbonyl (C=O) groups is 1. The number of hydrogen-bond donors (Lipinski definition) is 1. The summed E-state index contributed by atoms with van der Waals surface area (Å²) in [6.07, 6.45) is 1.12. The molecule has 2 aromatic carbocycles. The van der Waals surface area contributed by atoms with Crippen LogP contribution in [0, 0.1) is 17.0 Å². The first-order valence-corrected chi connectivity index (χ1v) is 11.2. The third-order valence-electron chi connectivity index (χ3n) is 4.42. The molecule has 162 valence electrons. The van der Waals surface area contributed by atoms with E-state index in [1.165, 1.54) is 18.2 Å². The van der Waals surface area contributed by atoms with Gasteiger partial charge in [-0.15, -0.1) is 0 Å². The fourth-order valence-corrected chi connectivity index (χ4v) is 4.31. The highest BCUT2D eigenvalue weighted by Crippen LogP contribution is 2.31. The molecular formula is C20H25N3O6S. The third kappa shape index (κ3) is 5.26. The number of amides is 1. The summed E-state index contributed by atoms with van der Waals surface area (Å²) in [5, 5.41) is 13.9. The van der Waals surface area contributed by atoms with Crippen molar-refractivity contribution < 1.29 is 22.9 Å². The molecule has 0 unspecified atom stereocenters. The number of rotatable bonds is 9. The van der Waals surface area contributed by atoms with Crippen LogP contribution in [0.5, 0.6) is 5.75 Å². The van der Waals surface area contributed by atoms with Crippen LogP contribution in [-0.2, 0) is 14.8 Å². The molecule has 0 heterocycles. The molecule has 1 amide bonds. The molecule has 0 aliphatic heterocycles. The minimum atomic E-state index is -3.93. The lowest BCUT2D eigenvalue weighted by molar-refractivity contribution is -0.384. The maximum Gasteiger partial charge on any atom is 0.271 e. The van der Waals surface area contributed by atoms with Gasteiger partial charge in [0.15, 0.2) is 0 Å². The van der Waals surface area contributed by atoms with E-state index in [-0.39, 0.29) is 17.8 Å². The molecule has 0 saturated carbocycles. The Balaban J connectivity index is 2.50. The van der Waals surface area contributed by atoms with E-state index >= 15 is 0 Å². The molecular weight excluding hydrogens is 410 g/mol. The number of hydrogen-bond acceptors (Lipinski definition) is 6. The van der Waals surface area contributed by atoms with Gasteiger partial charge < -0.3 is 10.1 Å². The highest BCUT2D eigenvalue weighted by atomic mass is 32.2. The van der Waals surface area contributed by atoms with Gasteiger partial charge in [-0.2, -0.15) is 0 Å². The van der Waals surface area contributed by atoms with Crippen molar-refractivity contribution >= 4 is 33.0 Å². The first-order valence-electron chi connectivity index (χ1n) is 9.37. The molecule has 1 atom stereocenters. The highest BCUT2D eigenvalue weighted by Gasteiger charge is 2.33. The summed E-state index contributed by atoms with van der Waals surface area (Å²) in [5.74, 6) is -0.110. The van der Waals surface area contributed by atoms with Crippen LogP contribution in [0.25, 0.3) is 0 Å². The number of nitro benzene ring substituents is 1. The number of nitro groups is 1. The van der Waals surface area contributed by atoms with Crippen LogP contribution in [0.1, 0.15) is 25.8 Å². The van der Waals surface area contributed by atoms with Gasteiger partial charge in [-0.05, 0) is 38.0 Å². The molecule has 2 aromatic rings. The fourth-order valence-electron chi connectivity index (χ4n) is 3.05. The third-order valence-corrected chi connectivity index (χ3v) is 5.58. The Hall–Kier alpha value is -3.14. The van der Waals surface area contributed by atoms with Crippen molar-refractivity contribution in [3.8, 4) is 5.75 Å². The van der Waals surface area contributed by atoms with Gasteiger partial charge in [-0.25, -0.2) is 8.42 Å². The Labute approximate surface area is 175 Å². The van der Waals surface area contributed by atoms with Crippen LogP contribution in [0.3, 0.4) is 0 Å². The van der Waals surface area contributed by atoms with Gasteiger partial charge in [0.2, 0.25) is 15.9 Å². The predicted molar refractivity (Wildman–Crippen MR) is 115 cm³/mol. The molecule has 0 radical (unpaired) electrons. The number of carbonyl (C=O) groups excluding carboxylic acids is 1. The molecule has 1 N–H and O–H groups in total. The number of anilines is 2. The van der Waals surface area contributed by atoms with E-state index < -0.39 is 26.9 Å². The van der Waals surface area contributed by atoms with Crippen molar-refractivity contribution in [3.63, 3.8) is 0 Å². The fraction of sp³-hybridized carbons (Fsp3) is 0.350. The van der Waals surface area contributed by atoms with Gasteiger partial charge in [0.25, 0.3) is 5.69 Å². The number of nitrogens with one attached hydrogen (secondary N) is 1. The Morgan fingerprint density at radius 1 is 1.23 bits per heavy atom. The van der Waals surface area contributed by atoms with Crippen LogP contribution in [-0.4, -0.2) is 38.2 Å². The zero-order chi connectivity index (χ0) is 22.5. The van der Waals surface area contributed by atoms with Crippen LogP contribution in [0.2, 0.25) is 0 Å². The second-order valence-electron chi connectivity index (χ2n) is 6.63. The Bertz CT molecular complexity index is 1040. The summed E-state index contributed by atoms with van der Waals surface area (Å²) in [7, 11) is -3.93. The van der Waals surface area contributed by atoms with Crippen molar-refractivity contribution in [2.24, 2.45) is 0 Å². The average molecular weight is 436 g/mol. The number of para-hydroxylation sites is 2. The van der Waals surface area contributed by atoms with Gasteiger partial charge in [0.05, 0.1) is 29.2 Å². The normalized spacial score (nSPS) is 12.1. The summed E-state index contributed by atoms with van der Waals surface area (Å²) < 4.78 is 31.7. The van der Waals surface area contributed by atoms with Gasteiger partial charge in [0, 0.05) is 12.1 Å². The second kappa shape index (κ2) is 9.57. The van der Waals surface area contributed by atoms with Gasteiger partial charge >= 0.3 is 0 Å². The maximum absolute atomic E-state index is 13.1. The lowest BCUT2D eigenvalue weighted by Gasteiger charge is -2.31. The number of aryl methyl sites for hydroxylation is 1. The number of nitrogens with zero attached hydrogens (tertiary/aromatic N) is 2. The van der Waals surface area contributed by atoms with E-state index in [9.17, 15) is 23.3 Å². The van der Waals surface area contributed by atoms with Crippen molar-refractivity contribution in [3.05, 3.63) is 58.1 Å². The monoisotopic (exact) mass is 435 g/mol. The first-order chi connectivity index (χ1) is 14.1. The van der Waals surface area contributed by atoms with E-state index in [1.807, 2.05) is 6.92 Å². The molecule has 10 heteroatoms. The van der Waals surface area contributed by atoms with E-state index in [1.54, 1.807) is 38.1 Å². The summed E-state index contributed by atoms with van der Waals surface area (Å²) in [6, 6.07) is 9.62. The minimum absolute atomic E-state index is 0.0896. The predicted octanol–water partition coefficient (Wildman–Crippen LogP) is 3.49. The SMILES string of the molecule is CCOc1ccccc1NC(=O)[C@H](CC)N(c1cc([N+](=O)[O-])ccc1C)S(C)(=O)=O. The van der Waals surface area contributed by atoms with Gasteiger partial charge in [0.1, 0.15) is 11.8 Å². The number of sulfonamides is 1.